The second kappa shape index (κ2) is 15.0. The standard InChI is InChI=1S/C62H41N3/c1-2-17-47(18-3-1)64-57-25-11-8-24-54(57)55-38-35-46(41-62(55)64)44-31-29-42(30-32-44)43-33-36-48(37-34-43)63(56-28-14-16-45-15-4-5-19-49(45)56)60-39-40-61(53-21-7-6-20-52(53)60)65-58-26-12-9-22-50(58)51-23-10-13-27-59(51)65/h1-41H. The summed E-state index contributed by atoms with van der Waals surface area (Å²) in [7, 11) is 0. The van der Waals surface area contributed by atoms with Gasteiger partial charge in [0.2, 0.25) is 0 Å². The zero-order chi connectivity index (χ0) is 42.8. The van der Waals surface area contributed by atoms with E-state index >= 15 is 0 Å². The summed E-state index contributed by atoms with van der Waals surface area (Å²) in [5.41, 5.74) is 15.3. The second-order valence-electron chi connectivity index (χ2n) is 16.9. The summed E-state index contributed by atoms with van der Waals surface area (Å²) in [6.45, 7) is 0. The lowest BCUT2D eigenvalue weighted by atomic mass is 9.98. The zero-order valence-corrected chi connectivity index (χ0v) is 35.5. The molecule has 3 heteroatoms. The minimum absolute atomic E-state index is 1.10. The van der Waals surface area contributed by atoms with E-state index in [2.05, 4.69) is 263 Å². The van der Waals surface area contributed by atoms with E-state index in [1.807, 2.05) is 0 Å². The third kappa shape index (κ3) is 5.97. The number of fused-ring (bicyclic) bond motifs is 8. The van der Waals surface area contributed by atoms with Crippen LogP contribution in [-0.2, 0) is 0 Å². The van der Waals surface area contributed by atoms with E-state index in [1.165, 1.54) is 93.1 Å². The number of para-hydroxylation sites is 4. The summed E-state index contributed by atoms with van der Waals surface area (Å²) in [5.74, 6) is 0. The highest BCUT2D eigenvalue weighted by molar-refractivity contribution is 6.13. The fourth-order valence-corrected chi connectivity index (χ4v) is 10.3. The van der Waals surface area contributed by atoms with Crippen LogP contribution in [0.3, 0.4) is 0 Å². The summed E-state index contributed by atoms with van der Waals surface area (Å²) >= 11 is 0. The van der Waals surface area contributed by atoms with Gasteiger partial charge >= 0.3 is 0 Å². The predicted molar refractivity (Wildman–Crippen MR) is 276 cm³/mol. The molecule has 0 fully saturated rings. The van der Waals surface area contributed by atoms with Gasteiger partial charge in [-0.2, -0.15) is 0 Å². The maximum Gasteiger partial charge on any atom is 0.0547 e. The zero-order valence-electron chi connectivity index (χ0n) is 35.5. The van der Waals surface area contributed by atoms with Gasteiger partial charge in [0.25, 0.3) is 0 Å². The van der Waals surface area contributed by atoms with E-state index in [0.717, 1.165) is 22.7 Å². The van der Waals surface area contributed by atoms with E-state index in [0.29, 0.717) is 0 Å². The third-order valence-electron chi connectivity index (χ3n) is 13.3. The molecule has 2 heterocycles. The SMILES string of the molecule is c1ccc(-n2c3ccccc3c3ccc(-c4ccc(-c5ccc(N(c6cccc7ccccc67)c6ccc(-n7c8ccccc8c8ccccc87)c7ccccc67)cc5)cc4)cc32)cc1. The van der Waals surface area contributed by atoms with Crippen LogP contribution >= 0.6 is 0 Å². The topological polar surface area (TPSA) is 13.1 Å². The molecule has 0 saturated heterocycles. The van der Waals surface area contributed by atoms with Gasteiger partial charge in [-0.3, -0.25) is 0 Å². The number of aromatic nitrogens is 2. The van der Waals surface area contributed by atoms with Crippen LogP contribution in [0.2, 0.25) is 0 Å². The van der Waals surface area contributed by atoms with E-state index < -0.39 is 0 Å². The van der Waals surface area contributed by atoms with Gasteiger partial charge in [-0.05, 0) is 94.4 Å². The molecule has 304 valence electrons. The number of hydrogen-bond donors (Lipinski definition) is 0. The van der Waals surface area contributed by atoms with Crippen molar-refractivity contribution >= 4 is 82.2 Å². The molecule has 3 nitrogen and oxygen atoms in total. The lowest BCUT2D eigenvalue weighted by Crippen LogP contribution is -2.11. The quantitative estimate of drug-likeness (QED) is 0.156. The number of anilines is 3. The normalized spacial score (nSPS) is 11.7. The maximum atomic E-state index is 2.44. The predicted octanol–water partition coefficient (Wildman–Crippen LogP) is 17.0. The van der Waals surface area contributed by atoms with Crippen molar-refractivity contribution < 1.29 is 0 Å². The van der Waals surface area contributed by atoms with Crippen molar-refractivity contribution in [3.05, 3.63) is 249 Å². The Morgan fingerprint density at radius 3 is 1.38 bits per heavy atom. The minimum atomic E-state index is 1.10. The molecule has 0 atom stereocenters. The van der Waals surface area contributed by atoms with Crippen molar-refractivity contribution in [2.75, 3.05) is 4.90 Å². The number of nitrogens with zero attached hydrogens (tertiary/aromatic N) is 3. The third-order valence-corrected chi connectivity index (χ3v) is 13.3. The molecular formula is C62H41N3. The maximum absolute atomic E-state index is 2.44. The molecule has 13 rings (SSSR count). The van der Waals surface area contributed by atoms with Gasteiger partial charge in [-0.25, -0.2) is 0 Å². The largest absolute Gasteiger partial charge is 0.309 e. The van der Waals surface area contributed by atoms with Gasteiger partial charge in [-0.15, -0.1) is 0 Å². The fourth-order valence-electron chi connectivity index (χ4n) is 10.3. The van der Waals surface area contributed by atoms with Crippen LogP contribution in [-0.4, -0.2) is 9.13 Å². The number of benzene rings is 11. The molecule has 0 radical (unpaired) electrons. The molecule has 0 aliphatic carbocycles. The van der Waals surface area contributed by atoms with Crippen LogP contribution in [0.4, 0.5) is 17.1 Å². The molecule has 11 aromatic carbocycles. The molecule has 0 amide bonds. The molecule has 0 bridgehead atoms. The monoisotopic (exact) mass is 827 g/mol. The van der Waals surface area contributed by atoms with Crippen molar-refractivity contribution in [1.29, 1.82) is 0 Å². The van der Waals surface area contributed by atoms with Crippen molar-refractivity contribution in [2.24, 2.45) is 0 Å². The molecule has 0 aliphatic rings. The lowest BCUT2D eigenvalue weighted by Gasteiger charge is -2.29. The van der Waals surface area contributed by atoms with Crippen LogP contribution in [0.1, 0.15) is 0 Å². The average molecular weight is 828 g/mol. The average Bonchev–Trinajstić information content (AvgIpc) is 3.90. The molecule has 0 spiro atoms. The van der Waals surface area contributed by atoms with Crippen LogP contribution in [0, 0.1) is 0 Å². The highest BCUT2D eigenvalue weighted by Crippen LogP contribution is 2.45. The Morgan fingerprint density at radius 2 is 0.723 bits per heavy atom. The molecule has 2 aromatic heterocycles. The van der Waals surface area contributed by atoms with Crippen LogP contribution < -0.4 is 4.90 Å². The molecular weight excluding hydrogens is 787 g/mol. The first-order valence-corrected chi connectivity index (χ1v) is 22.3. The summed E-state index contributed by atoms with van der Waals surface area (Å²) in [4.78, 5) is 2.44. The first kappa shape index (κ1) is 36.9. The first-order valence-electron chi connectivity index (χ1n) is 22.3. The Kier molecular flexibility index (Phi) is 8.53. The summed E-state index contributed by atoms with van der Waals surface area (Å²) < 4.78 is 4.82. The summed E-state index contributed by atoms with van der Waals surface area (Å²) in [6, 6.07) is 90.7. The van der Waals surface area contributed by atoms with Crippen molar-refractivity contribution in [3.8, 4) is 33.6 Å². The second-order valence-corrected chi connectivity index (χ2v) is 16.9. The van der Waals surface area contributed by atoms with Crippen molar-refractivity contribution in [3.63, 3.8) is 0 Å². The molecule has 0 unspecified atom stereocenters. The van der Waals surface area contributed by atoms with Gasteiger partial charge < -0.3 is 14.0 Å². The summed E-state index contributed by atoms with van der Waals surface area (Å²) in [5, 5.41) is 9.82. The Bertz CT molecular complexity index is 3870. The Balaban J connectivity index is 0.906. The number of hydrogen-bond acceptors (Lipinski definition) is 1. The lowest BCUT2D eigenvalue weighted by molar-refractivity contribution is 1.18. The van der Waals surface area contributed by atoms with Crippen molar-refractivity contribution in [2.45, 2.75) is 0 Å². The van der Waals surface area contributed by atoms with E-state index in [9.17, 15) is 0 Å². The minimum Gasteiger partial charge on any atom is -0.309 e. The highest BCUT2D eigenvalue weighted by Gasteiger charge is 2.21. The molecule has 0 aliphatic heterocycles. The first-order chi connectivity index (χ1) is 32.3. The van der Waals surface area contributed by atoms with Crippen LogP contribution in [0.5, 0.6) is 0 Å². The van der Waals surface area contributed by atoms with E-state index in [-0.39, 0.29) is 0 Å². The molecule has 13 aromatic rings. The molecule has 65 heavy (non-hydrogen) atoms. The highest BCUT2D eigenvalue weighted by atomic mass is 15.1. The molecule has 0 saturated carbocycles. The van der Waals surface area contributed by atoms with Crippen LogP contribution in [0.15, 0.2) is 249 Å². The van der Waals surface area contributed by atoms with Gasteiger partial charge in [0, 0.05) is 49.1 Å². The van der Waals surface area contributed by atoms with Crippen molar-refractivity contribution in [1.82, 2.24) is 9.13 Å². The Hall–Kier alpha value is -8.66. The summed E-state index contributed by atoms with van der Waals surface area (Å²) in [6.07, 6.45) is 0. The Morgan fingerprint density at radius 1 is 0.262 bits per heavy atom. The van der Waals surface area contributed by atoms with E-state index in [1.54, 1.807) is 0 Å². The van der Waals surface area contributed by atoms with Gasteiger partial charge in [0.1, 0.15) is 0 Å². The molecule has 0 N–H and O–H groups in total. The van der Waals surface area contributed by atoms with Gasteiger partial charge in [0.15, 0.2) is 0 Å². The Labute approximate surface area is 376 Å². The smallest absolute Gasteiger partial charge is 0.0547 e. The van der Waals surface area contributed by atoms with Gasteiger partial charge in [-0.1, -0.05) is 182 Å². The van der Waals surface area contributed by atoms with Crippen LogP contribution in [0.25, 0.3) is 98.8 Å². The number of rotatable bonds is 7. The van der Waals surface area contributed by atoms with E-state index in [4.69, 9.17) is 0 Å². The fraction of sp³-hybridized carbons (Fsp3) is 0. The van der Waals surface area contributed by atoms with Gasteiger partial charge in [0.05, 0.1) is 39.1 Å².